The van der Waals surface area contributed by atoms with Crippen LogP contribution in [-0.2, 0) is 16.6 Å². The van der Waals surface area contributed by atoms with Gasteiger partial charge in [0.05, 0.1) is 0 Å². The standard InChI is InChI=1S/C12H15ClN4O2S/c1-3-6-17-11(15-16-12(17)20(14,18)19)9-4-5-10(13)8(2)7-9/h4-5,7H,3,6H2,1-2H3,(H2,14,18,19). The predicted octanol–water partition coefficient (Wildman–Crippen LogP) is 1.96. The number of hydrogen-bond acceptors (Lipinski definition) is 4. The van der Waals surface area contributed by atoms with Crippen molar-refractivity contribution < 1.29 is 8.42 Å². The van der Waals surface area contributed by atoms with Gasteiger partial charge in [-0.25, -0.2) is 13.6 Å². The van der Waals surface area contributed by atoms with E-state index in [0.29, 0.717) is 17.4 Å². The molecular weight excluding hydrogens is 300 g/mol. The van der Waals surface area contributed by atoms with Crippen LogP contribution in [0.4, 0.5) is 0 Å². The minimum Gasteiger partial charge on any atom is -0.297 e. The lowest BCUT2D eigenvalue weighted by Gasteiger charge is -2.08. The van der Waals surface area contributed by atoms with Gasteiger partial charge in [0.15, 0.2) is 5.82 Å². The summed E-state index contributed by atoms with van der Waals surface area (Å²) in [5.74, 6) is 0.468. The van der Waals surface area contributed by atoms with E-state index in [0.717, 1.165) is 17.5 Å². The highest BCUT2D eigenvalue weighted by molar-refractivity contribution is 7.89. The van der Waals surface area contributed by atoms with Gasteiger partial charge in [-0.15, -0.1) is 10.2 Å². The average molecular weight is 315 g/mol. The number of nitrogens with zero attached hydrogens (tertiary/aromatic N) is 3. The predicted molar refractivity (Wildman–Crippen MR) is 76.9 cm³/mol. The number of halogens is 1. The van der Waals surface area contributed by atoms with Gasteiger partial charge >= 0.3 is 0 Å². The quantitative estimate of drug-likeness (QED) is 0.934. The Morgan fingerprint density at radius 2 is 2.05 bits per heavy atom. The fourth-order valence-electron chi connectivity index (χ4n) is 1.92. The summed E-state index contributed by atoms with van der Waals surface area (Å²) in [6.45, 7) is 4.27. The third-order valence-electron chi connectivity index (χ3n) is 2.83. The maximum Gasteiger partial charge on any atom is 0.273 e. The molecule has 1 heterocycles. The molecule has 20 heavy (non-hydrogen) atoms. The maximum atomic E-state index is 11.5. The molecule has 0 saturated carbocycles. The molecular formula is C12H15ClN4O2S. The summed E-state index contributed by atoms with van der Waals surface area (Å²) < 4.78 is 24.6. The van der Waals surface area contributed by atoms with Crippen molar-refractivity contribution in [3.05, 3.63) is 28.8 Å². The first-order valence-corrected chi connectivity index (χ1v) is 7.99. The summed E-state index contributed by atoms with van der Waals surface area (Å²) in [6.07, 6.45) is 0.736. The first kappa shape index (κ1) is 15.0. The zero-order valence-electron chi connectivity index (χ0n) is 11.2. The van der Waals surface area contributed by atoms with Gasteiger partial charge in [0.2, 0.25) is 0 Å². The summed E-state index contributed by atoms with van der Waals surface area (Å²) in [4.78, 5) is 0. The second kappa shape index (κ2) is 5.51. The number of sulfonamides is 1. The van der Waals surface area contributed by atoms with Gasteiger partial charge in [0.1, 0.15) is 0 Å². The van der Waals surface area contributed by atoms with E-state index in [2.05, 4.69) is 10.2 Å². The molecule has 0 bridgehead atoms. The van der Waals surface area contributed by atoms with Crippen LogP contribution < -0.4 is 5.14 Å². The molecule has 1 aromatic carbocycles. The van der Waals surface area contributed by atoms with E-state index >= 15 is 0 Å². The first-order valence-electron chi connectivity index (χ1n) is 6.07. The molecule has 1 aromatic heterocycles. The van der Waals surface area contributed by atoms with Gasteiger partial charge in [-0.05, 0) is 37.1 Å². The Labute approximate surface area is 122 Å². The monoisotopic (exact) mass is 314 g/mol. The van der Waals surface area contributed by atoms with Gasteiger partial charge in [-0.3, -0.25) is 4.57 Å². The highest BCUT2D eigenvalue weighted by Crippen LogP contribution is 2.25. The molecule has 8 heteroatoms. The third kappa shape index (κ3) is 2.84. The molecule has 0 saturated heterocycles. The second-order valence-electron chi connectivity index (χ2n) is 4.47. The van der Waals surface area contributed by atoms with Crippen LogP contribution in [0.5, 0.6) is 0 Å². The Balaban J connectivity index is 2.62. The third-order valence-corrected chi connectivity index (χ3v) is 4.07. The minimum absolute atomic E-state index is 0.220. The van der Waals surface area contributed by atoms with Crippen molar-refractivity contribution in [2.45, 2.75) is 32.0 Å². The molecule has 0 fully saturated rings. The molecule has 6 nitrogen and oxygen atoms in total. The largest absolute Gasteiger partial charge is 0.297 e. The molecule has 0 atom stereocenters. The first-order chi connectivity index (χ1) is 9.34. The molecule has 0 aliphatic rings. The molecule has 0 aliphatic heterocycles. The molecule has 0 spiro atoms. The van der Waals surface area contributed by atoms with E-state index in [-0.39, 0.29) is 5.16 Å². The van der Waals surface area contributed by atoms with E-state index in [9.17, 15) is 8.42 Å². The number of aromatic nitrogens is 3. The molecule has 0 unspecified atom stereocenters. The van der Waals surface area contributed by atoms with Gasteiger partial charge in [-0.1, -0.05) is 18.5 Å². The Bertz CT molecular complexity index is 740. The number of hydrogen-bond donors (Lipinski definition) is 1. The Morgan fingerprint density at radius 1 is 1.35 bits per heavy atom. The van der Waals surface area contributed by atoms with Crippen LogP contribution in [0.1, 0.15) is 18.9 Å². The summed E-state index contributed by atoms with van der Waals surface area (Å²) in [5, 5.41) is 13.2. The lowest BCUT2D eigenvalue weighted by molar-refractivity contribution is 0.559. The van der Waals surface area contributed by atoms with Crippen LogP contribution in [0.3, 0.4) is 0 Å². The lowest BCUT2D eigenvalue weighted by atomic mass is 10.1. The van der Waals surface area contributed by atoms with Crippen molar-refractivity contribution in [1.82, 2.24) is 14.8 Å². The van der Waals surface area contributed by atoms with Crippen molar-refractivity contribution in [2.24, 2.45) is 5.14 Å². The van der Waals surface area contributed by atoms with E-state index in [4.69, 9.17) is 16.7 Å². The smallest absolute Gasteiger partial charge is 0.273 e. The normalized spacial score (nSPS) is 11.8. The van der Waals surface area contributed by atoms with E-state index in [1.165, 1.54) is 4.57 Å². The number of benzene rings is 1. The minimum atomic E-state index is -3.90. The lowest BCUT2D eigenvalue weighted by Crippen LogP contribution is -2.19. The van der Waals surface area contributed by atoms with Gasteiger partial charge in [0.25, 0.3) is 15.2 Å². The molecule has 0 aliphatic carbocycles. The number of nitrogens with two attached hydrogens (primary N) is 1. The molecule has 108 valence electrons. The highest BCUT2D eigenvalue weighted by Gasteiger charge is 2.21. The average Bonchev–Trinajstić information content (AvgIpc) is 2.77. The zero-order chi connectivity index (χ0) is 14.9. The molecule has 2 N–H and O–H groups in total. The topological polar surface area (TPSA) is 90.9 Å². The molecule has 0 amide bonds. The van der Waals surface area contributed by atoms with Crippen molar-refractivity contribution >= 4 is 21.6 Å². The number of aryl methyl sites for hydroxylation is 1. The molecule has 2 aromatic rings. The molecule has 2 rings (SSSR count). The van der Waals surface area contributed by atoms with E-state index < -0.39 is 10.0 Å². The van der Waals surface area contributed by atoms with Gasteiger partial charge in [-0.2, -0.15) is 0 Å². The highest BCUT2D eigenvalue weighted by atomic mass is 35.5. The van der Waals surface area contributed by atoms with Crippen molar-refractivity contribution in [3.8, 4) is 11.4 Å². The Kier molecular flexibility index (Phi) is 4.12. The van der Waals surface area contributed by atoms with E-state index in [1.54, 1.807) is 12.1 Å². The van der Waals surface area contributed by atoms with Crippen LogP contribution in [0.2, 0.25) is 5.02 Å². The Morgan fingerprint density at radius 3 is 2.60 bits per heavy atom. The summed E-state index contributed by atoms with van der Waals surface area (Å²) in [5.41, 5.74) is 1.63. The zero-order valence-corrected chi connectivity index (χ0v) is 12.7. The summed E-state index contributed by atoms with van der Waals surface area (Å²) in [7, 11) is -3.90. The van der Waals surface area contributed by atoms with Crippen LogP contribution in [0.15, 0.2) is 23.4 Å². The second-order valence-corrected chi connectivity index (χ2v) is 6.33. The van der Waals surface area contributed by atoms with Crippen molar-refractivity contribution in [1.29, 1.82) is 0 Å². The van der Waals surface area contributed by atoms with Gasteiger partial charge in [0, 0.05) is 17.1 Å². The van der Waals surface area contributed by atoms with Crippen molar-refractivity contribution in [2.75, 3.05) is 0 Å². The number of primary sulfonamides is 1. The van der Waals surface area contributed by atoms with Crippen LogP contribution in [-0.4, -0.2) is 23.2 Å². The fourth-order valence-corrected chi connectivity index (χ4v) is 2.68. The Hall–Kier alpha value is -1.44. The van der Waals surface area contributed by atoms with Crippen molar-refractivity contribution in [3.63, 3.8) is 0 Å². The number of rotatable bonds is 4. The fraction of sp³-hybridized carbons (Fsp3) is 0.333. The maximum absolute atomic E-state index is 11.5. The van der Waals surface area contributed by atoms with E-state index in [1.807, 2.05) is 19.9 Å². The molecule has 0 radical (unpaired) electrons. The summed E-state index contributed by atoms with van der Waals surface area (Å²) in [6, 6.07) is 5.36. The van der Waals surface area contributed by atoms with Crippen LogP contribution >= 0.6 is 11.6 Å². The van der Waals surface area contributed by atoms with Crippen LogP contribution in [0, 0.1) is 6.92 Å². The van der Waals surface area contributed by atoms with Gasteiger partial charge < -0.3 is 0 Å². The summed E-state index contributed by atoms with van der Waals surface area (Å²) >= 11 is 5.99. The van der Waals surface area contributed by atoms with Crippen LogP contribution in [0.25, 0.3) is 11.4 Å². The SMILES string of the molecule is CCCn1c(-c2ccc(Cl)c(C)c2)nnc1S(N)(=O)=O.